The molecule has 0 spiro atoms. The molecule has 0 aliphatic rings. The van der Waals surface area contributed by atoms with E-state index in [1.165, 1.54) is 0 Å². The molecular formula is C15H13NO2. The first-order valence-corrected chi connectivity index (χ1v) is 5.81. The summed E-state index contributed by atoms with van der Waals surface area (Å²) < 4.78 is 5.70. The van der Waals surface area contributed by atoms with E-state index in [4.69, 9.17) is 4.42 Å². The number of para-hydroxylation sites is 1. The van der Waals surface area contributed by atoms with E-state index < -0.39 is 0 Å². The lowest BCUT2D eigenvalue weighted by molar-refractivity contribution is 0.470. The molecule has 0 aliphatic carbocycles. The summed E-state index contributed by atoms with van der Waals surface area (Å²) in [7, 11) is 0. The molecular weight excluding hydrogens is 226 g/mol. The number of aromatic nitrogens is 1. The van der Waals surface area contributed by atoms with Gasteiger partial charge in [-0.3, -0.25) is 0 Å². The molecule has 0 fully saturated rings. The van der Waals surface area contributed by atoms with Gasteiger partial charge in [0.2, 0.25) is 5.89 Å². The Kier molecular flexibility index (Phi) is 2.33. The number of rotatable bonds is 1. The van der Waals surface area contributed by atoms with Gasteiger partial charge in [0.15, 0.2) is 5.58 Å². The lowest BCUT2D eigenvalue weighted by Crippen LogP contribution is -1.81. The molecule has 18 heavy (non-hydrogen) atoms. The minimum Gasteiger partial charge on any atom is -0.507 e. The van der Waals surface area contributed by atoms with Crippen LogP contribution in [0.3, 0.4) is 0 Å². The summed E-state index contributed by atoms with van der Waals surface area (Å²) in [6.07, 6.45) is 0. The molecule has 90 valence electrons. The highest BCUT2D eigenvalue weighted by atomic mass is 16.3. The van der Waals surface area contributed by atoms with Gasteiger partial charge in [-0.1, -0.05) is 18.2 Å². The molecule has 0 unspecified atom stereocenters. The Morgan fingerprint density at radius 1 is 1.11 bits per heavy atom. The van der Waals surface area contributed by atoms with Crippen LogP contribution in [0.25, 0.3) is 22.6 Å². The van der Waals surface area contributed by atoms with Crippen LogP contribution in [0, 0.1) is 13.8 Å². The average Bonchev–Trinajstić information content (AvgIpc) is 2.75. The first kappa shape index (κ1) is 10.8. The molecule has 0 radical (unpaired) electrons. The number of phenolic OH excluding ortho intramolecular Hbond substituents is 1. The van der Waals surface area contributed by atoms with Gasteiger partial charge >= 0.3 is 0 Å². The Hall–Kier alpha value is -2.29. The molecule has 3 nitrogen and oxygen atoms in total. The largest absolute Gasteiger partial charge is 0.507 e. The van der Waals surface area contributed by atoms with Crippen molar-refractivity contribution in [2.24, 2.45) is 0 Å². The molecule has 2 aromatic carbocycles. The van der Waals surface area contributed by atoms with E-state index in [-0.39, 0.29) is 5.75 Å². The van der Waals surface area contributed by atoms with Crippen LogP contribution in [0.2, 0.25) is 0 Å². The fourth-order valence-corrected chi connectivity index (χ4v) is 1.98. The van der Waals surface area contributed by atoms with Crippen molar-refractivity contribution in [2.75, 3.05) is 0 Å². The monoisotopic (exact) mass is 239 g/mol. The highest BCUT2D eigenvalue weighted by Crippen LogP contribution is 2.33. The molecule has 3 heteroatoms. The topological polar surface area (TPSA) is 46.3 Å². The molecule has 1 aromatic heterocycles. The van der Waals surface area contributed by atoms with E-state index >= 15 is 0 Å². The van der Waals surface area contributed by atoms with Crippen molar-refractivity contribution in [3.8, 4) is 17.2 Å². The van der Waals surface area contributed by atoms with Crippen LogP contribution >= 0.6 is 0 Å². The van der Waals surface area contributed by atoms with E-state index in [0.29, 0.717) is 11.5 Å². The number of aryl methyl sites for hydroxylation is 2. The first-order valence-electron chi connectivity index (χ1n) is 5.81. The molecule has 0 saturated carbocycles. The van der Waals surface area contributed by atoms with Crippen molar-refractivity contribution in [1.82, 2.24) is 4.98 Å². The molecule has 1 N–H and O–H groups in total. The third kappa shape index (κ3) is 1.64. The maximum absolute atomic E-state index is 10.0. The zero-order valence-electron chi connectivity index (χ0n) is 10.3. The Bertz CT molecular complexity index is 728. The number of oxazole rings is 1. The number of fused-ring (bicyclic) bond motifs is 1. The van der Waals surface area contributed by atoms with E-state index in [1.54, 1.807) is 6.07 Å². The van der Waals surface area contributed by atoms with Crippen LogP contribution in [0.4, 0.5) is 0 Å². The van der Waals surface area contributed by atoms with Crippen LogP contribution in [0.15, 0.2) is 40.8 Å². The molecule has 0 saturated heterocycles. The number of aromatic hydroxyl groups is 1. The van der Waals surface area contributed by atoms with Crippen LogP contribution < -0.4 is 0 Å². The minimum absolute atomic E-state index is 0.223. The normalized spacial score (nSPS) is 11.0. The van der Waals surface area contributed by atoms with Gasteiger partial charge in [-0.2, -0.15) is 0 Å². The standard InChI is InChI=1S/C15H13NO2/c1-9-6-7-12-13(8-9)18-15(16-12)11-5-3-4-10(2)14(11)17/h3-8,17H,1-2H3. The highest BCUT2D eigenvalue weighted by Gasteiger charge is 2.13. The quantitative estimate of drug-likeness (QED) is 0.702. The predicted molar refractivity (Wildman–Crippen MR) is 70.6 cm³/mol. The van der Waals surface area contributed by atoms with Crippen molar-refractivity contribution in [1.29, 1.82) is 0 Å². The average molecular weight is 239 g/mol. The summed E-state index contributed by atoms with van der Waals surface area (Å²) in [5.41, 5.74) is 4.11. The smallest absolute Gasteiger partial charge is 0.231 e. The van der Waals surface area contributed by atoms with Crippen molar-refractivity contribution < 1.29 is 9.52 Å². The fraction of sp³-hybridized carbons (Fsp3) is 0.133. The minimum atomic E-state index is 0.223. The van der Waals surface area contributed by atoms with Gasteiger partial charge < -0.3 is 9.52 Å². The molecule has 0 bridgehead atoms. The Labute approximate surface area is 105 Å². The summed E-state index contributed by atoms with van der Waals surface area (Å²) in [5, 5.41) is 10.0. The van der Waals surface area contributed by atoms with Crippen LogP contribution in [-0.4, -0.2) is 10.1 Å². The first-order chi connectivity index (χ1) is 8.65. The van der Waals surface area contributed by atoms with Gasteiger partial charge in [0.05, 0.1) is 5.56 Å². The Morgan fingerprint density at radius 2 is 1.94 bits per heavy atom. The summed E-state index contributed by atoms with van der Waals surface area (Å²) >= 11 is 0. The molecule has 3 aromatic rings. The highest BCUT2D eigenvalue weighted by molar-refractivity contribution is 5.78. The maximum atomic E-state index is 10.0. The second-order valence-corrected chi connectivity index (χ2v) is 4.46. The van der Waals surface area contributed by atoms with Gasteiger partial charge in [0.25, 0.3) is 0 Å². The fourth-order valence-electron chi connectivity index (χ4n) is 1.98. The van der Waals surface area contributed by atoms with Crippen LogP contribution in [0.1, 0.15) is 11.1 Å². The molecule has 0 aliphatic heterocycles. The molecule has 3 rings (SSSR count). The van der Waals surface area contributed by atoms with E-state index in [1.807, 2.05) is 44.2 Å². The summed E-state index contributed by atoms with van der Waals surface area (Å²) in [6.45, 7) is 3.86. The number of hydrogen-bond acceptors (Lipinski definition) is 3. The van der Waals surface area contributed by atoms with Crippen molar-refractivity contribution in [3.05, 3.63) is 47.5 Å². The lowest BCUT2D eigenvalue weighted by Gasteiger charge is -2.02. The lowest BCUT2D eigenvalue weighted by atomic mass is 10.1. The summed E-state index contributed by atoms with van der Waals surface area (Å²) in [4.78, 5) is 4.40. The number of phenols is 1. The summed E-state index contributed by atoms with van der Waals surface area (Å²) in [6, 6.07) is 11.4. The van der Waals surface area contributed by atoms with Crippen molar-refractivity contribution in [3.63, 3.8) is 0 Å². The van der Waals surface area contributed by atoms with Gasteiger partial charge in [-0.15, -0.1) is 0 Å². The molecule has 1 heterocycles. The van der Waals surface area contributed by atoms with E-state index in [9.17, 15) is 5.11 Å². The maximum Gasteiger partial charge on any atom is 0.231 e. The van der Waals surface area contributed by atoms with Crippen LogP contribution in [-0.2, 0) is 0 Å². The zero-order valence-corrected chi connectivity index (χ0v) is 10.3. The van der Waals surface area contributed by atoms with Gasteiger partial charge in [0, 0.05) is 0 Å². The third-order valence-corrected chi connectivity index (χ3v) is 3.01. The van der Waals surface area contributed by atoms with Crippen molar-refractivity contribution in [2.45, 2.75) is 13.8 Å². The predicted octanol–water partition coefficient (Wildman–Crippen LogP) is 3.82. The summed E-state index contributed by atoms with van der Waals surface area (Å²) in [5.74, 6) is 0.678. The number of nitrogens with zero attached hydrogens (tertiary/aromatic N) is 1. The number of benzene rings is 2. The zero-order chi connectivity index (χ0) is 12.7. The van der Waals surface area contributed by atoms with Crippen LogP contribution in [0.5, 0.6) is 5.75 Å². The molecule has 0 amide bonds. The Morgan fingerprint density at radius 3 is 2.78 bits per heavy atom. The molecule has 0 atom stereocenters. The van der Waals surface area contributed by atoms with Gasteiger partial charge in [0.1, 0.15) is 11.3 Å². The SMILES string of the molecule is Cc1ccc2nc(-c3cccc(C)c3O)oc2c1. The van der Waals surface area contributed by atoms with Gasteiger partial charge in [-0.25, -0.2) is 4.98 Å². The second kappa shape index (κ2) is 3.88. The Balaban J connectivity index is 2.22. The number of hydrogen-bond donors (Lipinski definition) is 1. The van der Waals surface area contributed by atoms with E-state index in [2.05, 4.69) is 4.98 Å². The van der Waals surface area contributed by atoms with Gasteiger partial charge in [-0.05, 0) is 43.2 Å². The van der Waals surface area contributed by atoms with E-state index in [0.717, 1.165) is 22.2 Å². The van der Waals surface area contributed by atoms with Crippen molar-refractivity contribution >= 4 is 11.1 Å². The second-order valence-electron chi connectivity index (χ2n) is 4.46. The third-order valence-electron chi connectivity index (χ3n) is 3.01.